The first-order valence-electron chi connectivity index (χ1n) is 10.1. The van der Waals surface area contributed by atoms with Crippen molar-refractivity contribution in [2.45, 2.75) is 83.9 Å². The molecular weight excluding hydrogens is 328 g/mol. The molecule has 1 aliphatic carbocycles. The highest BCUT2D eigenvalue weighted by molar-refractivity contribution is 5.85. The summed E-state index contributed by atoms with van der Waals surface area (Å²) in [5.74, 6) is 0.806. The number of rotatable bonds is 4. The van der Waals surface area contributed by atoms with E-state index in [0.717, 1.165) is 25.4 Å². The van der Waals surface area contributed by atoms with E-state index in [1.807, 2.05) is 0 Å². The largest absolute Gasteiger partial charge is 0.378 e. The number of carbonyl (C=O) groups excluding carboxylic acids is 1. The van der Waals surface area contributed by atoms with Crippen LogP contribution in [0.1, 0.15) is 65.7 Å². The molecule has 2 rings (SSSR count). The summed E-state index contributed by atoms with van der Waals surface area (Å²) in [6.45, 7) is 7.63. The number of hydrogen-bond donors (Lipinski definition) is 2. The molecule has 6 heteroatoms. The third kappa shape index (κ3) is 6.78. The van der Waals surface area contributed by atoms with Gasteiger partial charge in [-0.1, -0.05) is 40.0 Å². The Morgan fingerprint density at radius 2 is 1.73 bits per heavy atom. The van der Waals surface area contributed by atoms with Crippen LogP contribution in [0, 0.1) is 5.41 Å². The molecule has 1 heterocycles. The topological polar surface area (TPSA) is 66.0 Å². The number of nitrogens with one attached hydrogen (secondary N) is 2. The highest BCUT2D eigenvalue weighted by atomic mass is 16.5. The first-order valence-corrected chi connectivity index (χ1v) is 10.1. The Morgan fingerprint density at radius 3 is 2.35 bits per heavy atom. The molecule has 150 valence electrons. The lowest BCUT2D eigenvalue weighted by atomic mass is 9.83. The van der Waals surface area contributed by atoms with Crippen LogP contribution in [-0.2, 0) is 9.53 Å². The number of carbonyl (C=O) groups is 1. The molecule has 1 aliphatic heterocycles. The van der Waals surface area contributed by atoms with Crippen LogP contribution in [0.4, 0.5) is 0 Å². The van der Waals surface area contributed by atoms with Crippen molar-refractivity contribution < 1.29 is 9.53 Å². The summed E-state index contributed by atoms with van der Waals surface area (Å²) < 4.78 is 5.97. The highest BCUT2D eigenvalue weighted by Crippen LogP contribution is 2.29. The number of guanidine groups is 1. The number of amides is 1. The Labute approximate surface area is 159 Å². The lowest BCUT2D eigenvalue weighted by Crippen LogP contribution is -2.52. The zero-order chi connectivity index (χ0) is 19.2. The summed E-state index contributed by atoms with van der Waals surface area (Å²) in [6, 6.07) is 0.792. The van der Waals surface area contributed by atoms with E-state index in [-0.39, 0.29) is 24.0 Å². The second-order valence-electron chi connectivity index (χ2n) is 9.02. The summed E-state index contributed by atoms with van der Waals surface area (Å²) >= 11 is 0. The maximum Gasteiger partial charge on any atom is 0.243 e. The van der Waals surface area contributed by atoms with E-state index in [2.05, 4.69) is 36.4 Å². The molecule has 2 fully saturated rings. The number of ether oxygens (including phenoxy) is 1. The van der Waals surface area contributed by atoms with Crippen LogP contribution in [0.2, 0.25) is 0 Å². The van der Waals surface area contributed by atoms with E-state index in [0.29, 0.717) is 12.1 Å². The molecule has 0 aromatic heterocycles. The van der Waals surface area contributed by atoms with Gasteiger partial charge in [-0.3, -0.25) is 4.79 Å². The molecule has 2 N–H and O–H groups in total. The second kappa shape index (κ2) is 9.58. The predicted octanol–water partition coefficient (Wildman–Crippen LogP) is 2.54. The van der Waals surface area contributed by atoms with E-state index in [9.17, 15) is 4.79 Å². The van der Waals surface area contributed by atoms with E-state index in [4.69, 9.17) is 4.74 Å². The molecule has 1 saturated heterocycles. The van der Waals surface area contributed by atoms with Crippen LogP contribution in [0.5, 0.6) is 0 Å². The van der Waals surface area contributed by atoms with Gasteiger partial charge in [0.25, 0.3) is 0 Å². The summed E-state index contributed by atoms with van der Waals surface area (Å²) in [5, 5.41) is 7.17. The standard InChI is InChI=1S/C20H38N4O2/c1-20(2,3)17-13-16(11-12-26-17)23-19(21-14-18(25)24(4)5)22-15-9-7-6-8-10-15/h15-17H,6-14H2,1-5H3,(H2,21,22,23). The molecular formula is C20H38N4O2. The minimum absolute atomic E-state index is 0.0225. The third-order valence-electron chi connectivity index (χ3n) is 5.41. The summed E-state index contributed by atoms with van der Waals surface area (Å²) in [4.78, 5) is 18.1. The summed E-state index contributed by atoms with van der Waals surface area (Å²) in [5.41, 5.74) is 0.134. The lowest BCUT2D eigenvalue weighted by molar-refractivity contribution is -0.127. The Morgan fingerprint density at radius 1 is 1.08 bits per heavy atom. The summed E-state index contributed by atoms with van der Waals surface area (Å²) in [7, 11) is 3.54. The molecule has 0 radical (unpaired) electrons. The fourth-order valence-corrected chi connectivity index (χ4v) is 3.59. The van der Waals surface area contributed by atoms with Gasteiger partial charge in [0, 0.05) is 32.8 Å². The van der Waals surface area contributed by atoms with Gasteiger partial charge in [0.15, 0.2) is 5.96 Å². The molecule has 26 heavy (non-hydrogen) atoms. The van der Waals surface area contributed by atoms with Crippen molar-refractivity contribution in [2.75, 3.05) is 27.2 Å². The molecule has 0 aromatic carbocycles. The summed E-state index contributed by atoms with van der Waals surface area (Å²) in [6.07, 6.45) is 8.41. The SMILES string of the molecule is CN(C)C(=O)CN=C(NC1CCCCC1)NC1CCOC(C(C)(C)C)C1. The van der Waals surface area contributed by atoms with Gasteiger partial charge in [-0.25, -0.2) is 4.99 Å². The Hall–Kier alpha value is -1.30. The van der Waals surface area contributed by atoms with E-state index >= 15 is 0 Å². The minimum atomic E-state index is 0.0225. The minimum Gasteiger partial charge on any atom is -0.378 e. The normalized spacial score (nSPS) is 25.7. The molecule has 2 unspecified atom stereocenters. The third-order valence-corrected chi connectivity index (χ3v) is 5.41. The zero-order valence-corrected chi connectivity index (χ0v) is 17.3. The van der Waals surface area contributed by atoms with Crippen LogP contribution in [0.15, 0.2) is 4.99 Å². The lowest BCUT2D eigenvalue weighted by Gasteiger charge is -2.38. The van der Waals surface area contributed by atoms with E-state index < -0.39 is 0 Å². The fraction of sp³-hybridized carbons (Fsp3) is 0.900. The van der Waals surface area contributed by atoms with Crippen molar-refractivity contribution in [1.82, 2.24) is 15.5 Å². The maximum absolute atomic E-state index is 12.0. The van der Waals surface area contributed by atoms with Crippen molar-refractivity contribution in [1.29, 1.82) is 0 Å². The van der Waals surface area contributed by atoms with Crippen LogP contribution < -0.4 is 10.6 Å². The Bertz CT molecular complexity index is 479. The molecule has 6 nitrogen and oxygen atoms in total. The molecule has 2 atom stereocenters. The van der Waals surface area contributed by atoms with Gasteiger partial charge >= 0.3 is 0 Å². The number of hydrogen-bond acceptors (Lipinski definition) is 3. The zero-order valence-electron chi connectivity index (χ0n) is 17.3. The van der Waals surface area contributed by atoms with Crippen molar-refractivity contribution in [2.24, 2.45) is 10.4 Å². The number of likely N-dealkylation sites (N-methyl/N-ethyl adjacent to an activating group) is 1. The number of nitrogens with zero attached hydrogens (tertiary/aromatic N) is 2. The van der Waals surface area contributed by atoms with Gasteiger partial charge < -0.3 is 20.3 Å². The molecule has 0 aromatic rings. The Balaban J connectivity index is 1.99. The smallest absolute Gasteiger partial charge is 0.243 e. The van der Waals surface area contributed by atoms with Gasteiger partial charge in [-0.05, 0) is 31.1 Å². The predicted molar refractivity (Wildman–Crippen MR) is 106 cm³/mol. The monoisotopic (exact) mass is 366 g/mol. The van der Waals surface area contributed by atoms with Crippen LogP contribution >= 0.6 is 0 Å². The first kappa shape index (κ1) is 21.0. The molecule has 1 amide bonds. The average molecular weight is 367 g/mol. The van der Waals surface area contributed by atoms with Crippen LogP contribution in [0.3, 0.4) is 0 Å². The van der Waals surface area contributed by atoms with Crippen molar-refractivity contribution in [3.63, 3.8) is 0 Å². The Kier molecular flexibility index (Phi) is 7.74. The quantitative estimate of drug-likeness (QED) is 0.593. The molecule has 2 aliphatic rings. The van der Waals surface area contributed by atoms with Crippen molar-refractivity contribution >= 4 is 11.9 Å². The highest BCUT2D eigenvalue weighted by Gasteiger charge is 2.32. The van der Waals surface area contributed by atoms with Gasteiger partial charge in [0.1, 0.15) is 6.54 Å². The van der Waals surface area contributed by atoms with E-state index in [1.54, 1.807) is 19.0 Å². The molecule has 0 spiro atoms. The number of aliphatic imine (C=N–C) groups is 1. The van der Waals surface area contributed by atoms with Crippen molar-refractivity contribution in [3.8, 4) is 0 Å². The van der Waals surface area contributed by atoms with Gasteiger partial charge in [-0.2, -0.15) is 0 Å². The first-order chi connectivity index (χ1) is 12.3. The van der Waals surface area contributed by atoms with Crippen LogP contribution in [-0.4, -0.2) is 62.2 Å². The maximum atomic E-state index is 12.0. The van der Waals surface area contributed by atoms with Gasteiger partial charge in [-0.15, -0.1) is 0 Å². The molecule has 1 saturated carbocycles. The van der Waals surface area contributed by atoms with Crippen LogP contribution in [0.25, 0.3) is 0 Å². The van der Waals surface area contributed by atoms with Crippen molar-refractivity contribution in [3.05, 3.63) is 0 Å². The fourth-order valence-electron chi connectivity index (χ4n) is 3.59. The van der Waals surface area contributed by atoms with Gasteiger partial charge in [0.05, 0.1) is 6.10 Å². The van der Waals surface area contributed by atoms with Gasteiger partial charge in [0.2, 0.25) is 5.91 Å². The average Bonchev–Trinajstić information content (AvgIpc) is 2.59. The second-order valence-corrected chi connectivity index (χ2v) is 9.02. The van der Waals surface area contributed by atoms with E-state index in [1.165, 1.54) is 32.1 Å². The molecule has 0 bridgehead atoms.